The minimum absolute atomic E-state index is 0.0510. The highest BCUT2D eigenvalue weighted by atomic mass is 19.1. The van der Waals surface area contributed by atoms with Gasteiger partial charge in [0.25, 0.3) is 0 Å². The summed E-state index contributed by atoms with van der Waals surface area (Å²) >= 11 is 0. The number of aliphatic imine (C=N–C) groups is 1. The molecule has 4 aromatic rings. The Labute approximate surface area is 184 Å². The number of hydrogen-bond acceptors (Lipinski definition) is 6. The van der Waals surface area contributed by atoms with Gasteiger partial charge >= 0.3 is 0 Å². The van der Waals surface area contributed by atoms with Crippen molar-refractivity contribution < 1.29 is 4.39 Å². The minimum Gasteiger partial charge on any atom is -0.384 e. The molecule has 3 N–H and O–H groups in total. The molecule has 7 nitrogen and oxygen atoms in total. The Kier molecular flexibility index (Phi) is 5.12. The molecule has 2 aromatic carbocycles. The Bertz CT molecular complexity index is 1310. The molecular formula is C24H22FN7. The van der Waals surface area contributed by atoms with E-state index in [9.17, 15) is 4.39 Å². The molecule has 0 bridgehead atoms. The van der Waals surface area contributed by atoms with Crippen molar-refractivity contribution in [3.8, 4) is 11.3 Å². The molecule has 3 heterocycles. The lowest BCUT2D eigenvalue weighted by Gasteiger charge is -2.31. The van der Waals surface area contributed by atoms with Crippen molar-refractivity contribution in [3.63, 3.8) is 0 Å². The third-order valence-electron chi connectivity index (χ3n) is 5.38. The molecule has 0 spiro atoms. The van der Waals surface area contributed by atoms with Gasteiger partial charge in [-0.05, 0) is 48.9 Å². The van der Waals surface area contributed by atoms with Crippen LogP contribution < -0.4 is 11.2 Å². The molecule has 32 heavy (non-hydrogen) atoms. The van der Waals surface area contributed by atoms with Crippen LogP contribution in [0.15, 0.2) is 77.9 Å². The van der Waals surface area contributed by atoms with Gasteiger partial charge in [-0.3, -0.25) is 14.4 Å². The average molecular weight is 427 g/mol. The first-order valence-corrected chi connectivity index (χ1v) is 10.3. The van der Waals surface area contributed by atoms with Crippen molar-refractivity contribution >= 4 is 23.5 Å². The number of anilines is 1. The highest BCUT2D eigenvalue weighted by Crippen LogP contribution is 2.32. The molecule has 0 saturated heterocycles. The standard InChI is InChI=1S/C24H22FN7/c1-16(17-5-3-2-4-6-17)30-32-15-27-13-11-20(32)23-22(18-7-9-19(25)10-8-18)29-24-28-21(26)12-14-31(23)24/h2-14,16,30H,15H2,1H3,(H2,26,28,29)/t16-/m0/s1. The van der Waals surface area contributed by atoms with Gasteiger partial charge in [-0.2, -0.15) is 4.98 Å². The molecule has 2 aromatic heterocycles. The molecule has 5 rings (SSSR count). The summed E-state index contributed by atoms with van der Waals surface area (Å²) in [5, 5.41) is 1.99. The van der Waals surface area contributed by atoms with Crippen LogP contribution in [0.5, 0.6) is 0 Å². The Morgan fingerprint density at radius 2 is 1.81 bits per heavy atom. The Morgan fingerprint density at radius 1 is 1.03 bits per heavy atom. The van der Waals surface area contributed by atoms with E-state index in [-0.39, 0.29) is 11.9 Å². The minimum atomic E-state index is -0.301. The van der Waals surface area contributed by atoms with Crippen LogP contribution >= 0.6 is 0 Å². The second kappa shape index (κ2) is 8.24. The van der Waals surface area contributed by atoms with Crippen LogP contribution in [-0.4, -0.2) is 32.3 Å². The van der Waals surface area contributed by atoms with E-state index in [4.69, 9.17) is 10.7 Å². The van der Waals surface area contributed by atoms with E-state index in [1.807, 2.05) is 39.9 Å². The first-order valence-electron chi connectivity index (χ1n) is 10.3. The summed E-state index contributed by atoms with van der Waals surface area (Å²) < 4.78 is 15.5. The molecule has 0 aliphatic carbocycles. The first-order chi connectivity index (χ1) is 15.6. The second-order valence-electron chi connectivity index (χ2n) is 7.55. The molecule has 8 heteroatoms. The number of nitrogens with two attached hydrogens (primary N) is 1. The Morgan fingerprint density at radius 3 is 2.59 bits per heavy atom. The molecular weight excluding hydrogens is 405 g/mol. The maximum atomic E-state index is 13.6. The van der Waals surface area contributed by atoms with Crippen LogP contribution in [0.25, 0.3) is 22.7 Å². The van der Waals surface area contributed by atoms with Gasteiger partial charge in [-0.1, -0.05) is 30.3 Å². The summed E-state index contributed by atoms with van der Waals surface area (Å²) in [5.74, 6) is 0.552. The topological polar surface area (TPSA) is 83.8 Å². The van der Waals surface area contributed by atoms with Gasteiger partial charge in [-0.25, -0.2) is 14.8 Å². The zero-order valence-electron chi connectivity index (χ0n) is 17.5. The largest absolute Gasteiger partial charge is 0.384 e. The number of benzene rings is 2. The van der Waals surface area contributed by atoms with Crippen molar-refractivity contribution in [1.82, 2.24) is 24.8 Å². The van der Waals surface area contributed by atoms with E-state index in [1.165, 1.54) is 12.1 Å². The molecule has 0 saturated carbocycles. The second-order valence-corrected chi connectivity index (χ2v) is 7.55. The number of nitrogen functional groups attached to an aromatic ring is 1. The van der Waals surface area contributed by atoms with E-state index in [1.54, 1.807) is 24.4 Å². The van der Waals surface area contributed by atoms with Crippen LogP contribution in [0, 0.1) is 5.82 Å². The molecule has 0 fully saturated rings. The van der Waals surface area contributed by atoms with Crippen molar-refractivity contribution in [2.45, 2.75) is 13.0 Å². The van der Waals surface area contributed by atoms with Crippen LogP contribution in [0.4, 0.5) is 10.2 Å². The van der Waals surface area contributed by atoms with Crippen LogP contribution in [-0.2, 0) is 0 Å². The highest BCUT2D eigenvalue weighted by Gasteiger charge is 2.25. The number of hydrogen-bond donors (Lipinski definition) is 2. The van der Waals surface area contributed by atoms with Crippen molar-refractivity contribution in [1.29, 1.82) is 0 Å². The fraction of sp³-hybridized carbons (Fsp3) is 0.125. The predicted molar refractivity (Wildman–Crippen MR) is 124 cm³/mol. The number of halogens is 1. The number of hydrazine groups is 1. The fourth-order valence-electron chi connectivity index (χ4n) is 3.78. The van der Waals surface area contributed by atoms with E-state index < -0.39 is 0 Å². The maximum Gasteiger partial charge on any atom is 0.236 e. The quantitative estimate of drug-likeness (QED) is 0.502. The number of imidazole rings is 1. The van der Waals surface area contributed by atoms with Crippen LogP contribution in [0.1, 0.15) is 24.2 Å². The predicted octanol–water partition coefficient (Wildman–Crippen LogP) is 4.07. The number of aromatic nitrogens is 3. The SMILES string of the molecule is C[C@H](NN1CN=CC=C1c1c(-c2ccc(F)cc2)nc2nc(N)ccn12)c1ccccc1. The maximum absolute atomic E-state index is 13.6. The van der Waals surface area contributed by atoms with Crippen LogP contribution in [0.2, 0.25) is 0 Å². The number of allylic oxidation sites excluding steroid dienone is 1. The Balaban J connectivity index is 1.61. The molecule has 0 amide bonds. The van der Waals surface area contributed by atoms with E-state index in [2.05, 4.69) is 34.5 Å². The van der Waals surface area contributed by atoms with E-state index in [0.29, 0.717) is 24.0 Å². The number of rotatable bonds is 5. The molecule has 0 radical (unpaired) electrons. The monoisotopic (exact) mass is 427 g/mol. The third kappa shape index (κ3) is 3.72. The summed E-state index contributed by atoms with van der Waals surface area (Å²) in [5.41, 5.74) is 13.8. The van der Waals surface area contributed by atoms with E-state index in [0.717, 1.165) is 22.5 Å². The average Bonchev–Trinajstić information content (AvgIpc) is 3.18. The number of nitrogens with one attached hydrogen (secondary N) is 1. The number of nitrogens with zero attached hydrogens (tertiary/aromatic N) is 5. The lowest BCUT2D eigenvalue weighted by atomic mass is 10.1. The number of fused-ring (bicyclic) bond motifs is 1. The molecule has 160 valence electrons. The lowest BCUT2D eigenvalue weighted by Crippen LogP contribution is -2.40. The summed E-state index contributed by atoms with van der Waals surface area (Å²) in [6, 6.07) is 18.3. The molecule has 1 aliphatic rings. The molecule has 1 atom stereocenters. The van der Waals surface area contributed by atoms with Crippen molar-refractivity contribution in [2.24, 2.45) is 4.99 Å². The molecule has 0 unspecified atom stereocenters. The zero-order valence-corrected chi connectivity index (χ0v) is 17.5. The van der Waals surface area contributed by atoms with Gasteiger partial charge in [0.15, 0.2) is 0 Å². The van der Waals surface area contributed by atoms with Gasteiger partial charge < -0.3 is 5.73 Å². The summed E-state index contributed by atoms with van der Waals surface area (Å²) in [6.45, 7) is 2.53. The molecule has 1 aliphatic heterocycles. The van der Waals surface area contributed by atoms with Crippen molar-refractivity contribution in [2.75, 3.05) is 12.4 Å². The Hall–Kier alpha value is -4.04. The van der Waals surface area contributed by atoms with Crippen molar-refractivity contribution in [3.05, 3.63) is 90.0 Å². The zero-order chi connectivity index (χ0) is 22.1. The van der Waals surface area contributed by atoms with Gasteiger partial charge in [0.2, 0.25) is 5.78 Å². The normalized spacial score (nSPS) is 14.6. The summed E-state index contributed by atoms with van der Waals surface area (Å²) in [4.78, 5) is 13.5. The summed E-state index contributed by atoms with van der Waals surface area (Å²) in [6.07, 6.45) is 5.55. The highest BCUT2D eigenvalue weighted by molar-refractivity contribution is 5.89. The van der Waals surface area contributed by atoms with Gasteiger partial charge in [-0.15, -0.1) is 0 Å². The lowest BCUT2D eigenvalue weighted by molar-refractivity contribution is 0.258. The van der Waals surface area contributed by atoms with E-state index >= 15 is 0 Å². The first kappa shape index (κ1) is 19.9. The van der Waals surface area contributed by atoms with Gasteiger partial charge in [0, 0.05) is 24.0 Å². The summed E-state index contributed by atoms with van der Waals surface area (Å²) in [7, 11) is 0. The third-order valence-corrected chi connectivity index (χ3v) is 5.38. The smallest absolute Gasteiger partial charge is 0.236 e. The van der Waals surface area contributed by atoms with Gasteiger partial charge in [0.05, 0.1) is 11.4 Å². The van der Waals surface area contributed by atoms with Crippen LogP contribution in [0.3, 0.4) is 0 Å². The fourth-order valence-corrected chi connectivity index (χ4v) is 3.78. The van der Waals surface area contributed by atoms with Gasteiger partial charge in [0.1, 0.15) is 24.0 Å².